The van der Waals surface area contributed by atoms with E-state index in [4.69, 9.17) is 0 Å². The fraction of sp³-hybridized carbons (Fsp3) is 0.571. The van der Waals surface area contributed by atoms with E-state index in [1.165, 1.54) is 12.1 Å². The SMILES string of the molecule is O=S(=O)(NCC1(CO)CCCCC1)c1ccc(Br)c(F)c1. The van der Waals surface area contributed by atoms with Crippen LogP contribution in [0, 0.1) is 11.2 Å². The summed E-state index contributed by atoms with van der Waals surface area (Å²) in [5.74, 6) is -0.618. The van der Waals surface area contributed by atoms with Gasteiger partial charge < -0.3 is 5.11 Å². The number of aliphatic hydroxyl groups excluding tert-OH is 1. The summed E-state index contributed by atoms with van der Waals surface area (Å²) in [4.78, 5) is -0.105. The first-order chi connectivity index (χ1) is 9.88. The molecule has 0 heterocycles. The minimum absolute atomic E-state index is 0.0375. The Morgan fingerprint density at radius 2 is 1.95 bits per heavy atom. The Balaban J connectivity index is 2.11. The van der Waals surface area contributed by atoms with Crippen molar-refractivity contribution in [3.8, 4) is 0 Å². The number of halogens is 2. The normalized spacial score (nSPS) is 18.6. The zero-order valence-corrected chi connectivity index (χ0v) is 14.0. The zero-order chi connectivity index (χ0) is 15.5. The Kier molecular flexibility index (Phi) is 5.40. The van der Waals surface area contributed by atoms with E-state index in [1.807, 2.05) is 0 Å². The second kappa shape index (κ2) is 6.73. The maximum atomic E-state index is 13.5. The number of hydrogen-bond acceptors (Lipinski definition) is 3. The van der Waals surface area contributed by atoms with E-state index in [2.05, 4.69) is 20.7 Å². The van der Waals surface area contributed by atoms with Crippen molar-refractivity contribution in [1.82, 2.24) is 4.72 Å². The van der Waals surface area contributed by atoms with Gasteiger partial charge in [0.05, 0.1) is 9.37 Å². The maximum Gasteiger partial charge on any atom is 0.240 e. The van der Waals surface area contributed by atoms with Crippen LogP contribution in [-0.4, -0.2) is 26.7 Å². The van der Waals surface area contributed by atoms with Crippen molar-refractivity contribution in [2.75, 3.05) is 13.2 Å². The predicted molar refractivity (Wildman–Crippen MR) is 81.9 cm³/mol. The van der Waals surface area contributed by atoms with Crippen LogP contribution in [0.25, 0.3) is 0 Å². The smallest absolute Gasteiger partial charge is 0.240 e. The molecule has 0 atom stereocenters. The highest BCUT2D eigenvalue weighted by Crippen LogP contribution is 2.35. The van der Waals surface area contributed by atoms with Crippen LogP contribution in [0.5, 0.6) is 0 Å². The third-order valence-corrected chi connectivity index (χ3v) is 6.13. The van der Waals surface area contributed by atoms with E-state index in [0.29, 0.717) is 0 Å². The summed E-state index contributed by atoms with van der Waals surface area (Å²) < 4.78 is 40.6. The maximum absolute atomic E-state index is 13.5. The second-order valence-corrected chi connectivity index (χ2v) is 8.24. The minimum atomic E-state index is -3.77. The Hall–Kier alpha value is -0.500. The molecule has 0 unspecified atom stereocenters. The average molecular weight is 380 g/mol. The van der Waals surface area contributed by atoms with Crippen LogP contribution in [-0.2, 0) is 10.0 Å². The molecule has 2 rings (SSSR count). The zero-order valence-electron chi connectivity index (χ0n) is 11.6. The quantitative estimate of drug-likeness (QED) is 0.826. The fourth-order valence-corrected chi connectivity index (χ4v) is 4.08. The van der Waals surface area contributed by atoms with Gasteiger partial charge in [-0.2, -0.15) is 0 Å². The number of benzene rings is 1. The summed E-state index contributed by atoms with van der Waals surface area (Å²) in [5, 5.41) is 9.59. The molecule has 0 bridgehead atoms. The van der Waals surface area contributed by atoms with E-state index in [0.717, 1.165) is 38.2 Å². The van der Waals surface area contributed by atoms with Gasteiger partial charge in [0.1, 0.15) is 5.82 Å². The number of aliphatic hydroxyl groups is 1. The summed E-state index contributed by atoms with van der Waals surface area (Å²) >= 11 is 2.99. The molecule has 0 aromatic heterocycles. The highest BCUT2D eigenvalue weighted by molar-refractivity contribution is 9.10. The van der Waals surface area contributed by atoms with Crippen molar-refractivity contribution < 1.29 is 17.9 Å². The molecule has 118 valence electrons. The molecule has 4 nitrogen and oxygen atoms in total. The van der Waals surface area contributed by atoms with Crippen molar-refractivity contribution in [1.29, 1.82) is 0 Å². The van der Waals surface area contributed by atoms with Gasteiger partial charge in [-0.15, -0.1) is 0 Å². The summed E-state index contributed by atoms with van der Waals surface area (Å²) in [6.07, 6.45) is 4.72. The molecular weight excluding hydrogens is 361 g/mol. The Morgan fingerprint density at radius 3 is 2.52 bits per heavy atom. The summed E-state index contributed by atoms with van der Waals surface area (Å²) in [5.41, 5.74) is -0.390. The van der Waals surface area contributed by atoms with Crippen molar-refractivity contribution >= 4 is 26.0 Å². The lowest BCUT2D eigenvalue weighted by atomic mass is 9.75. The molecule has 0 radical (unpaired) electrons. The third kappa shape index (κ3) is 4.03. The molecule has 1 fully saturated rings. The molecule has 0 saturated heterocycles. The number of nitrogens with one attached hydrogen (secondary N) is 1. The number of rotatable bonds is 5. The van der Waals surface area contributed by atoms with E-state index < -0.39 is 15.8 Å². The summed E-state index contributed by atoms with van der Waals surface area (Å²) in [6.45, 7) is 0.147. The number of hydrogen-bond donors (Lipinski definition) is 2. The third-order valence-electron chi connectivity index (χ3n) is 4.09. The van der Waals surface area contributed by atoms with Crippen molar-refractivity contribution in [2.24, 2.45) is 5.41 Å². The van der Waals surface area contributed by atoms with Crippen molar-refractivity contribution in [3.63, 3.8) is 0 Å². The van der Waals surface area contributed by atoms with Crippen LogP contribution in [0.1, 0.15) is 32.1 Å². The average Bonchev–Trinajstić information content (AvgIpc) is 2.49. The standard InChI is InChI=1S/C14H19BrFNO3S/c15-12-5-4-11(8-13(12)16)21(19,20)17-9-14(10-18)6-2-1-3-7-14/h4-5,8,17-18H,1-3,6-7,9-10H2. The lowest BCUT2D eigenvalue weighted by Crippen LogP contribution is -2.41. The largest absolute Gasteiger partial charge is 0.396 e. The molecule has 7 heteroatoms. The van der Waals surface area contributed by atoms with Gasteiger partial charge in [-0.1, -0.05) is 19.3 Å². The van der Waals surface area contributed by atoms with Crippen LogP contribution >= 0.6 is 15.9 Å². The number of sulfonamides is 1. The lowest BCUT2D eigenvalue weighted by Gasteiger charge is -2.35. The highest BCUT2D eigenvalue weighted by atomic mass is 79.9. The van der Waals surface area contributed by atoms with Crippen LogP contribution < -0.4 is 4.72 Å². The molecule has 0 amide bonds. The summed E-state index contributed by atoms with van der Waals surface area (Å²) in [7, 11) is -3.77. The van der Waals surface area contributed by atoms with Crippen LogP contribution in [0.2, 0.25) is 0 Å². The van der Waals surface area contributed by atoms with E-state index in [1.54, 1.807) is 0 Å². The minimum Gasteiger partial charge on any atom is -0.396 e. The molecular formula is C14H19BrFNO3S. The van der Waals surface area contributed by atoms with Gasteiger partial charge in [0, 0.05) is 18.6 Å². The molecule has 1 aliphatic rings. The van der Waals surface area contributed by atoms with Gasteiger partial charge in [0.2, 0.25) is 10.0 Å². The first-order valence-corrected chi connectivity index (χ1v) is 9.22. The van der Waals surface area contributed by atoms with Crippen molar-refractivity contribution in [3.05, 3.63) is 28.5 Å². The molecule has 1 aromatic rings. The molecule has 0 spiro atoms. The Morgan fingerprint density at radius 1 is 1.29 bits per heavy atom. The molecule has 0 aliphatic heterocycles. The molecule has 1 saturated carbocycles. The van der Waals surface area contributed by atoms with Crippen LogP contribution in [0.4, 0.5) is 4.39 Å². The van der Waals surface area contributed by atoms with Crippen molar-refractivity contribution in [2.45, 2.75) is 37.0 Å². The van der Waals surface area contributed by atoms with Gasteiger partial charge in [-0.3, -0.25) is 0 Å². The first-order valence-electron chi connectivity index (χ1n) is 6.94. The molecule has 1 aliphatic carbocycles. The van der Waals surface area contributed by atoms with Gasteiger partial charge in [-0.25, -0.2) is 17.5 Å². The van der Waals surface area contributed by atoms with Crippen LogP contribution in [0.15, 0.2) is 27.6 Å². The van der Waals surface area contributed by atoms with Gasteiger partial charge in [0.15, 0.2) is 0 Å². The van der Waals surface area contributed by atoms with Gasteiger partial charge in [-0.05, 0) is 47.0 Å². The van der Waals surface area contributed by atoms with E-state index in [-0.39, 0.29) is 27.9 Å². The summed E-state index contributed by atoms with van der Waals surface area (Å²) in [6, 6.07) is 3.70. The molecule has 1 aromatic carbocycles. The van der Waals surface area contributed by atoms with Gasteiger partial charge >= 0.3 is 0 Å². The topological polar surface area (TPSA) is 66.4 Å². The Bertz CT molecular complexity index is 600. The van der Waals surface area contributed by atoms with Crippen LogP contribution in [0.3, 0.4) is 0 Å². The fourth-order valence-electron chi connectivity index (χ4n) is 2.67. The highest BCUT2D eigenvalue weighted by Gasteiger charge is 2.33. The molecule has 2 N–H and O–H groups in total. The predicted octanol–water partition coefficient (Wildman–Crippen LogP) is 2.81. The van der Waals surface area contributed by atoms with Gasteiger partial charge in [0.25, 0.3) is 0 Å². The monoisotopic (exact) mass is 379 g/mol. The van der Waals surface area contributed by atoms with E-state index >= 15 is 0 Å². The van der Waals surface area contributed by atoms with E-state index in [9.17, 15) is 17.9 Å². The second-order valence-electron chi connectivity index (χ2n) is 5.62. The first kappa shape index (κ1) is 16.9. The molecule has 21 heavy (non-hydrogen) atoms. The lowest BCUT2D eigenvalue weighted by molar-refractivity contribution is 0.0867. The Labute approximate surface area is 132 Å².